The van der Waals surface area contributed by atoms with Gasteiger partial charge < -0.3 is 14.2 Å². The van der Waals surface area contributed by atoms with Crippen molar-refractivity contribution in [3.8, 4) is 0 Å². The number of esters is 3. The van der Waals surface area contributed by atoms with Crippen LogP contribution in [0.1, 0.15) is 316 Å². The van der Waals surface area contributed by atoms with E-state index >= 15 is 0 Å². The van der Waals surface area contributed by atoms with Crippen molar-refractivity contribution >= 4 is 17.9 Å². The first-order chi connectivity index (χ1) is 33.0. The molecule has 392 valence electrons. The third kappa shape index (κ3) is 54.4. The number of hydrogen-bond donors (Lipinski definition) is 0. The minimum atomic E-state index is -0.774. The van der Waals surface area contributed by atoms with Crippen LogP contribution in [0.25, 0.3) is 0 Å². The molecule has 0 aromatic rings. The summed E-state index contributed by atoms with van der Waals surface area (Å²) in [6, 6.07) is 0. The van der Waals surface area contributed by atoms with Crippen molar-refractivity contribution in [1.29, 1.82) is 0 Å². The van der Waals surface area contributed by atoms with Crippen molar-refractivity contribution < 1.29 is 28.6 Å². The topological polar surface area (TPSA) is 78.9 Å². The maximum atomic E-state index is 12.8. The van der Waals surface area contributed by atoms with Crippen LogP contribution in [0.2, 0.25) is 0 Å². The molecule has 0 rings (SSSR count). The van der Waals surface area contributed by atoms with Crippen LogP contribution in [-0.4, -0.2) is 37.2 Å². The third-order valence-corrected chi connectivity index (χ3v) is 13.1. The average molecular weight is 942 g/mol. The van der Waals surface area contributed by atoms with Gasteiger partial charge in [-0.25, -0.2) is 0 Å². The number of hydrogen-bond acceptors (Lipinski definition) is 6. The Kier molecular flexibility index (Phi) is 54.2. The highest BCUT2D eigenvalue weighted by molar-refractivity contribution is 5.71. The fourth-order valence-electron chi connectivity index (χ4n) is 8.65. The Morgan fingerprint density at radius 1 is 0.299 bits per heavy atom. The predicted molar refractivity (Wildman–Crippen MR) is 289 cm³/mol. The maximum absolute atomic E-state index is 12.8. The molecule has 0 N–H and O–H groups in total. The average Bonchev–Trinajstić information content (AvgIpc) is 3.33. The van der Waals surface area contributed by atoms with Crippen LogP contribution in [0.4, 0.5) is 0 Å². The SMILES string of the molecule is CCCCC/C=C\C/C=C\CCCCCCCCCC(=O)OC(COC(=O)CCCCCCCCCCC/C=C\CCCCCCCCCC)COC(=O)CCCCCCCCCCCCC. The zero-order chi connectivity index (χ0) is 48.6. The van der Waals surface area contributed by atoms with Gasteiger partial charge in [0.2, 0.25) is 0 Å². The number of rotatable bonds is 54. The summed E-state index contributed by atoms with van der Waals surface area (Å²) in [6.45, 7) is 6.64. The summed E-state index contributed by atoms with van der Waals surface area (Å²) >= 11 is 0. The van der Waals surface area contributed by atoms with Crippen LogP contribution < -0.4 is 0 Å². The van der Waals surface area contributed by atoms with Crippen LogP contribution >= 0.6 is 0 Å². The molecule has 0 aliphatic heterocycles. The monoisotopic (exact) mass is 941 g/mol. The summed E-state index contributed by atoms with van der Waals surface area (Å²) in [5.41, 5.74) is 0. The molecule has 6 heteroatoms. The number of ether oxygens (including phenoxy) is 3. The van der Waals surface area contributed by atoms with E-state index < -0.39 is 6.10 Å². The first kappa shape index (κ1) is 64.6. The molecule has 0 saturated heterocycles. The van der Waals surface area contributed by atoms with Crippen molar-refractivity contribution in [1.82, 2.24) is 0 Å². The van der Waals surface area contributed by atoms with Crippen molar-refractivity contribution in [2.24, 2.45) is 0 Å². The van der Waals surface area contributed by atoms with Gasteiger partial charge in [0.25, 0.3) is 0 Å². The summed E-state index contributed by atoms with van der Waals surface area (Å²) in [7, 11) is 0. The Bertz CT molecular complexity index is 1130. The zero-order valence-corrected chi connectivity index (χ0v) is 44.9. The first-order valence-corrected chi connectivity index (χ1v) is 29.5. The second-order valence-corrected chi connectivity index (χ2v) is 19.9. The van der Waals surface area contributed by atoms with E-state index in [9.17, 15) is 14.4 Å². The number of unbranched alkanes of at least 4 members (excludes halogenated alkanes) is 37. The highest BCUT2D eigenvalue weighted by Gasteiger charge is 2.19. The van der Waals surface area contributed by atoms with E-state index in [1.165, 1.54) is 205 Å². The van der Waals surface area contributed by atoms with Gasteiger partial charge in [0.15, 0.2) is 6.10 Å². The molecule has 67 heavy (non-hydrogen) atoms. The second kappa shape index (κ2) is 56.2. The van der Waals surface area contributed by atoms with E-state index in [1.807, 2.05) is 0 Å². The highest BCUT2D eigenvalue weighted by atomic mass is 16.6. The second-order valence-electron chi connectivity index (χ2n) is 19.9. The van der Waals surface area contributed by atoms with Crippen molar-refractivity contribution in [3.05, 3.63) is 36.5 Å². The number of allylic oxidation sites excluding steroid dienone is 6. The minimum absolute atomic E-state index is 0.0725. The minimum Gasteiger partial charge on any atom is -0.462 e. The highest BCUT2D eigenvalue weighted by Crippen LogP contribution is 2.16. The Balaban J connectivity index is 4.29. The van der Waals surface area contributed by atoms with Crippen LogP contribution in [0.15, 0.2) is 36.5 Å². The Morgan fingerprint density at radius 3 is 0.866 bits per heavy atom. The first-order valence-electron chi connectivity index (χ1n) is 29.5. The molecular formula is C61H112O6. The molecule has 0 aromatic carbocycles. The standard InChI is InChI=1S/C61H112O6/c1-4-7-10-13-16-19-22-24-26-28-29-30-31-33-34-36-39-42-45-48-51-54-60(63)66-57-58(56-65-59(62)53-50-47-44-41-38-21-18-15-12-9-6-3)67-61(64)55-52-49-46-43-40-37-35-32-27-25-23-20-17-14-11-8-5-2/h17,20,25,27-29,58H,4-16,18-19,21-24,26,30-57H2,1-3H3/b20-17-,27-25-,29-28-. The molecule has 1 atom stereocenters. The van der Waals surface area contributed by atoms with E-state index in [1.54, 1.807) is 0 Å². The van der Waals surface area contributed by atoms with Gasteiger partial charge in [-0.2, -0.15) is 0 Å². The molecule has 0 bridgehead atoms. The molecule has 0 spiro atoms. The van der Waals surface area contributed by atoms with Crippen molar-refractivity contribution in [2.45, 2.75) is 322 Å². The van der Waals surface area contributed by atoms with E-state index in [-0.39, 0.29) is 31.1 Å². The molecule has 0 aliphatic rings. The molecule has 1 unspecified atom stereocenters. The number of carbonyl (C=O) groups excluding carboxylic acids is 3. The molecule has 0 fully saturated rings. The van der Waals surface area contributed by atoms with E-state index in [4.69, 9.17) is 14.2 Å². The lowest BCUT2D eigenvalue weighted by Gasteiger charge is -2.18. The molecule has 0 radical (unpaired) electrons. The van der Waals surface area contributed by atoms with E-state index in [0.717, 1.165) is 70.6 Å². The fourth-order valence-corrected chi connectivity index (χ4v) is 8.65. The maximum Gasteiger partial charge on any atom is 0.306 e. The lowest BCUT2D eigenvalue weighted by Crippen LogP contribution is -2.30. The van der Waals surface area contributed by atoms with Gasteiger partial charge in [-0.1, -0.05) is 256 Å². The lowest BCUT2D eigenvalue weighted by molar-refractivity contribution is -0.167. The predicted octanol–water partition coefficient (Wildman–Crippen LogP) is 19.7. The molecule has 0 aliphatic carbocycles. The van der Waals surface area contributed by atoms with Gasteiger partial charge in [0, 0.05) is 19.3 Å². The summed E-state index contributed by atoms with van der Waals surface area (Å²) < 4.78 is 16.9. The van der Waals surface area contributed by atoms with Crippen LogP contribution in [-0.2, 0) is 28.6 Å². The van der Waals surface area contributed by atoms with Gasteiger partial charge in [-0.3, -0.25) is 14.4 Å². The van der Waals surface area contributed by atoms with E-state index in [2.05, 4.69) is 57.2 Å². The zero-order valence-electron chi connectivity index (χ0n) is 44.9. The Morgan fingerprint density at radius 2 is 0.537 bits per heavy atom. The van der Waals surface area contributed by atoms with Crippen LogP contribution in [0.3, 0.4) is 0 Å². The van der Waals surface area contributed by atoms with Crippen LogP contribution in [0.5, 0.6) is 0 Å². The quantitative estimate of drug-likeness (QED) is 0.0262. The van der Waals surface area contributed by atoms with Crippen molar-refractivity contribution in [3.63, 3.8) is 0 Å². The van der Waals surface area contributed by atoms with Gasteiger partial charge >= 0.3 is 17.9 Å². The number of carbonyl (C=O) groups is 3. The largest absolute Gasteiger partial charge is 0.462 e. The van der Waals surface area contributed by atoms with E-state index in [0.29, 0.717) is 19.3 Å². The van der Waals surface area contributed by atoms with Gasteiger partial charge in [-0.05, 0) is 77.0 Å². The Hall–Kier alpha value is -2.37. The third-order valence-electron chi connectivity index (χ3n) is 13.1. The lowest BCUT2D eigenvalue weighted by atomic mass is 10.1. The smallest absolute Gasteiger partial charge is 0.306 e. The van der Waals surface area contributed by atoms with Gasteiger partial charge in [0.05, 0.1) is 0 Å². The molecule has 0 aromatic heterocycles. The fraction of sp³-hybridized carbons (Fsp3) is 0.852. The van der Waals surface area contributed by atoms with Gasteiger partial charge in [-0.15, -0.1) is 0 Å². The Labute approximate surface area is 416 Å². The summed E-state index contributed by atoms with van der Waals surface area (Å²) in [6.07, 6.45) is 67.1. The molecule has 0 heterocycles. The summed E-state index contributed by atoms with van der Waals surface area (Å²) in [4.78, 5) is 38.1. The molecule has 0 amide bonds. The van der Waals surface area contributed by atoms with Gasteiger partial charge in [0.1, 0.15) is 13.2 Å². The molecular weight excluding hydrogens is 829 g/mol. The van der Waals surface area contributed by atoms with Crippen molar-refractivity contribution in [2.75, 3.05) is 13.2 Å². The molecule has 0 saturated carbocycles. The normalized spacial score (nSPS) is 12.2. The summed E-state index contributed by atoms with van der Waals surface area (Å²) in [5, 5.41) is 0. The molecule has 6 nitrogen and oxygen atoms in total. The summed E-state index contributed by atoms with van der Waals surface area (Å²) in [5.74, 6) is -0.867. The van der Waals surface area contributed by atoms with Crippen LogP contribution in [0, 0.1) is 0 Å².